The minimum atomic E-state index is -0.433. The fourth-order valence-electron chi connectivity index (χ4n) is 2.82. The van der Waals surface area contributed by atoms with Gasteiger partial charge in [-0.3, -0.25) is 9.59 Å². The average Bonchev–Trinajstić information content (AvgIpc) is 2.47. The van der Waals surface area contributed by atoms with Gasteiger partial charge in [-0.25, -0.2) is 0 Å². The summed E-state index contributed by atoms with van der Waals surface area (Å²) in [5.41, 5.74) is 12.6. The molecule has 22 heavy (non-hydrogen) atoms. The summed E-state index contributed by atoms with van der Waals surface area (Å²) in [5, 5.41) is 2.96. The molecule has 0 aromatic heterocycles. The van der Waals surface area contributed by atoms with E-state index in [1.165, 1.54) is 0 Å². The van der Waals surface area contributed by atoms with Crippen molar-refractivity contribution in [3.05, 3.63) is 35.4 Å². The zero-order valence-corrected chi connectivity index (χ0v) is 13.4. The SMILES string of the molecule is Cl.NC(=O)c1cccc(CCNC(=O)C2CCCC(N)C2)c1. The van der Waals surface area contributed by atoms with Gasteiger partial charge in [-0.1, -0.05) is 18.6 Å². The van der Waals surface area contributed by atoms with Gasteiger partial charge in [-0.15, -0.1) is 12.4 Å². The number of hydrogen-bond donors (Lipinski definition) is 3. The van der Waals surface area contributed by atoms with Crippen LogP contribution in [0.3, 0.4) is 0 Å². The lowest BCUT2D eigenvalue weighted by molar-refractivity contribution is -0.126. The van der Waals surface area contributed by atoms with Crippen LogP contribution in [0.4, 0.5) is 0 Å². The van der Waals surface area contributed by atoms with Gasteiger partial charge in [0, 0.05) is 24.1 Å². The van der Waals surface area contributed by atoms with E-state index in [0.717, 1.165) is 31.2 Å². The monoisotopic (exact) mass is 325 g/mol. The van der Waals surface area contributed by atoms with Crippen LogP contribution >= 0.6 is 12.4 Å². The Morgan fingerprint density at radius 3 is 2.73 bits per heavy atom. The average molecular weight is 326 g/mol. The lowest BCUT2D eigenvalue weighted by atomic mass is 9.85. The third kappa shape index (κ3) is 5.31. The van der Waals surface area contributed by atoms with Gasteiger partial charge in [0.1, 0.15) is 0 Å². The summed E-state index contributed by atoms with van der Waals surface area (Å²) < 4.78 is 0. The van der Waals surface area contributed by atoms with E-state index >= 15 is 0 Å². The Hall–Kier alpha value is -1.59. The van der Waals surface area contributed by atoms with Crippen molar-refractivity contribution in [2.75, 3.05) is 6.54 Å². The number of carbonyl (C=O) groups excluding carboxylic acids is 2. The first-order valence-corrected chi connectivity index (χ1v) is 7.48. The first-order chi connectivity index (χ1) is 10.1. The van der Waals surface area contributed by atoms with E-state index < -0.39 is 5.91 Å². The first-order valence-electron chi connectivity index (χ1n) is 7.48. The number of hydrogen-bond acceptors (Lipinski definition) is 3. The summed E-state index contributed by atoms with van der Waals surface area (Å²) >= 11 is 0. The summed E-state index contributed by atoms with van der Waals surface area (Å²) in [4.78, 5) is 23.2. The van der Waals surface area contributed by atoms with Gasteiger partial charge >= 0.3 is 0 Å². The molecule has 6 heteroatoms. The second-order valence-corrected chi connectivity index (χ2v) is 5.73. The van der Waals surface area contributed by atoms with Crippen molar-refractivity contribution < 1.29 is 9.59 Å². The number of rotatable bonds is 5. The summed E-state index contributed by atoms with van der Waals surface area (Å²) in [6, 6.07) is 7.34. The number of carbonyl (C=O) groups is 2. The molecule has 2 rings (SSSR count). The largest absolute Gasteiger partial charge is 0.366 e. The van der Waals surface area contributed by atoms with Crippen molar-refractivity contribution in [3.63, 3.8) is 0 Å². The van der Waals surface area contributed by atoms with Crippen LogP contribution in [0.25, 0.3) is 0 Å². The minimum absolute atomic E-state index is 0. The molecule has 5 N–H and O–H groups in total. The van der Waals surface area contributed by atoms with Crippen molar-refractivity contribution in [1.82, 2.24) is 5.32 Å². The smallest absolute Gasteiger partial charge is 0.248 e. The number of nitrogens with one attached hydrogen (secondary N) is 1. The maximum Gasteiger partial charge on any atom is 0.248 e. The van der Waals surface area contributed by atoms with Gasteiger partial charge in [0.25, 0.3) is 0 Å². The minimum Gasteiger partial charge on any atom is -0.366 e. The molecule has 1 fully saturated rings. The summed E-state index contributed by atoms with van der Waals surface area (Å²) in [6.45, 7) is 0.562. The predicted octanol–water partition coefficient (Wildman–Crippen LogP) is 1.38. The summed E-state index contributed by atoms with van der Waals surface area (Å²) in [6.07, 6.45) is 4.44. The lowest BCUT2D eigenvalue weighted by Crippen LogP contribution is -2.38. The van der Waals surface area contributed by atoms with Crippen LogP contribution < -0.4 is 16.8 Å². The molecule has 0 bridgehead atoms. The second kappa shape index (κ2) is 8.76. The highest BCUT2D eigenvalue weighted by Gasteiger charge is 2.24. The number of halogens is 1. The van der Waals surface area contributed by atoms with Crippen LogP contribution in [-0.4, -0.2) is 24.4 Å². The third-order valence-corrected chi connectivity index (χ3v) is 4.01. The summed E-state index contributed by atoms with van der Waals surface area (Å²) in [7, 11) is 0. The topological polar surface area (TPSA) is 98.2 Å². The van der Waals surface area contributed by atoms with Gasteiger partial charge in [0.15, 0.2) is 0 Å². The molecule has 5 nitrogen and oxygen atoms in total. The molecule has 0 heterocycles. The first kappa shape index (κ1) is 18.5. The van der Waals surface area contributed by atoms with Gasteiger partial charge in [-0.05, 0) is 43.4 Å². The molecule has 0 aliphatic heterocycles. The molecular formula is C16H24ClN3O2. The van der Waals surface area contributed by atoms with Crippen molar-refractivity contribution >= 4 is 24.2 Å². The van der Waals surface area contributed by atoms with Crippen LogP contribution in [0, 0.1) is 5.92 Å². The standard InChI is InChI=1S/C16H23N3O2.ClH/c17-14-6-2-5-13(10-14)16(21)19-8-7-11-3-1-4-12(9-11)15(18)20;/h1,3-4,9,13-14H,2,5-8,10,17H2,(H2,18,20)(H,19,21);1H. The third-order valence-electron chi connectivity index (χ3n) is 4.01. The molecule has 1 aromatic rings. The fourth-order valence-corrected chi connectivity index (χ4v) is 2.82. The fraction of sp³-hybridized carbons (Fsp3) is 0.500. The van der Waals surface area contributed by atoms with Crippen LogP contribution in [0.15, 0.2) is 24.3 Å². The highest BCUT2D eigenvalue weighted by Crippen LogP contribution is 2.23. The Kier molecular flexibility index (Phi) is 7.35. The van der Waals surface area contributed by atoms with Crippen LogP contribution in [0.5, 0.6) is 0 Å². The molecule has 1 saturated carbocycles. The molecule has 0 spiro atoms. The van der Waals surface area contributed by atoms with E-state index in [9.17, 15) is 9.59 Å². The van der Waals surface area contributed by atoms with Crippen molar-refractivity contribution in [2.24, 2.45) is 17.4 Å². The van der Waals surface area contributed by atoms with E-state index in [-0.39, 0.29) is 30.3 Å². The second-order valence-electron chi connectivity index (χ2n) is 5.73. The van der Waals surface area contributed by atoms with Gasteiger partial charge in [0.05, 0.1) is 0 Å². The highest BCUT2D eigenvalue weighted by atomic mass is 35.5. The molecule has 1 aliphatic rings. The maximum absolute atomic E-state index is 12.1. The Balaban J connectivity index is 0.00000242. The zero-order chi connectivity index (χ0) is 15.2. The predicted molar refractivity (Wildman–Crippen MR) is 88.9 cm³/mol. The molecule has 2 unspecified atom stereocenters. The van der Waals surface area contributed by atoms with E-state index in [4.69, 9.17) is 11.5 Å². The number of nitrogens with two attached hydrogens (primary N) is 2. The van der Waals surface area contributed by atoms with E-state index in [1.54, 1.807) is 18.2 Å². The molecule has 0 saturated heterocycles. The lowest BCUT2D eigenvalue weighted by Gasteiger charge is -2.25. The molecule has 0 radical (unpaired) electrons. The van der Waals surface area contributed by atoms with Gasteiger partial charge in [0.2, 0.25) is 11.8 Å². The number of primary amides is 1. The Labute approximate surface area is 137 Å². The maximum atomic E-state index is 12.1. The highest BCUT2D eigenvalue weighted by molar-refractivity contribution is 5.92. The molecule has 2 amide bonds. The number of amides is 2. The molecule has 1 aliphatic carbocycles. The number of benzene rings is 1. The normalized spacial score (nSPS) is 20.8. The van der Waals surface area contributed by atoms with Crippen LogP contribution in [0.2, 0.25) is 0 Å². The molecule has 122 valence electrons. The van der Waals surface area contributed by atoms with E-state index in [0.29, 0.717) is 18.5 Å². The molecule has 1 aromatic carbocycles. The van der Waals surface area contributed by atoms with Gasteiger partial charge < -0.3 is 16.8 Å². The summed E-state index contributed by atoms with van der Waals surface area (Å²) in [5.74, 6) is -0.293. The Morgan fingerprint density at radius 1 is 1.27 bits per heavy atom. The Bertz CT molecular complexity index is 522. The van der Waals surface area contributed by atoms with Crippen molar-refractivity contribution in [2.45, 2.75) is 38.1 Å². The molecule has 2 atom stereocenters. The van der Waals surface area contributed by atoms with Crippen molar-refractivity contribution in [3.8, 4) is 0 Å². The van der Waals surface area contributed by atoms with Crippen LogP contribution in [-0.2, 0) is 11.2 Å². The zero-order valence-electron chi connectivity index (χ0n) is 12.6. The van der Waals surface area contributed by atoms with E-state index in [2.05, 4.69) is 5.32 Å². The quantitative estimate of drug-likeness (QED) is 0.762. The molecular weight excluding hydrogens is 302 g/mol. The van der Waals surface area contributed by atoms with Crippen molar-refractivity contribution in [1.29, 1.82) is 0 Å². The van der Waals surface area contributed by atoms with Gasteiger partial charge in [-0.2, -0.15) is 0 Å². The van der Waals surface area contributed by atoms with E-state index in [1.807, 2.05) is 6.07 Å². The Morgan fingerprint density at radius 2 is 2.05 bits per heavy atom. The van der Waals surface area contributed by atoms with Crippen LogP contribution in [0.1, 0.15) is 41.6 Å².